The van der Waals surface area contributed by atoms with Crippen LogP contribution in [0.25, 0.3) is 0 Å². The first kappa shape index (κ1) is 29.3. The Morgan fingerprint density at radius 3 is 2.40 bits per heavy atom. The van der Waals surface area contributed by atoms with Crippen LogP contribution in [0.15, 0.2) is 0 Å². The molecule has 0 saturated heterocycles. The van der Waals surface area contributed by atoms with E-state index in [1.165, 1.54) is 13.8 Å². The van der Waals surface area contributed by atoms with Gasteiger partial charge in [-0.15, -0.1) is 0 Å². The highest BCUT2D eigenvalue weighted by atomic mass is 19.1. The monoisotopic (exact) mass is 503 g/mol. The zero-order valence-electron chi connectivity index (χ0n) is 21.8. The van der Waals surface area contributed by atoms with E-state index < -0.39 is 47.6 Å². The summed E-state index contributed by atoms with van der Waals surface area (Å²) in [7, 11) is 0. The average Bonchev–Trinajstić information content (AvgIpc) is 3.41. The van der Waals surface area contributed by atoms with Gasteiger partial charge in [0.25, 0.3) is 0 Å². The van der Waals surface area contributed by atoms with Crippen LogP contribution in [0.2, 0.25) is 0 Å². The summed E-state index contributed by atoms with van der Waals surface area (Å²) in [5, 5.41) is 9.07. The molecule has 2 saturated carbocycles. The van der Waals surface area contributed by atoms with Crippen molar-refractivity contribution in [3.05, 3.63) is 0 Å². The van der Waals surface area contributed by atoms with Gasteiger partial charge in [0.15, 0.2) is 0 Å². The molecule has 9 nitrogen and oxygen atoms in total. The van der Waals surface area contributed by atoms with Crippen molar-refractivity contribution in [1.82, 2.24) is 0 Å². The van der Waals surface area contributed by atoms with Gasteiger partial charge in [0.05, 0.1) is 6.10 Å². The molecule has 35 heavy (non-hydrogen) atoms. The first-order chi connectivity index (χ1) is 16.2. The lowest BCUT2D eigenvalue weighted by Crippen LogP contribution is -2.57. The Morgan fingerprint density at radius 1 is 1.20 bits per heavy atom. The van der Waals surface area contributed by atoms with Crippen LogP contribution in [-0.2, 0) is 28.5 Å². The topological polar surface area (TPSA) is 134 Å². The van der Waals surface area contributed by atoms with Gasteiger partial charge < -0.3 is 29.8 Å². The van der Waals surface area contributed by atoms with Crippen LogP contribution in [0.5, 0.6) is 0 Å². The number of aliphatic carboxylic acids is 1. The molecular formula is C25H42FNO8. The van der Waals surface area contributed by atoms with Crippen LogP contribution in [-0.4, -0.2) is 59.5 Å². The molecule has 0 spiro atoms. The van der Waals surface area contributed by atoms with Crippen LogP contribution in [0, 0.1) is 23.7 Å². The molecule has 0 aromatic heterocycles. The molecule has 202 valence electrons. The van der Waals surface area contributed by atoms with E-state index in [4.69, 9.17) is 29.8 Å². The lowest BCUT2D eigenvalue weighted by molar-refractivity contribution is -0.181. The minimum Gasteiger partial charge on any atom is -0.479 e. The van der Waals surface area contributed by atoms with Crippen molar-refractivity contribution in [2.75, 3.05) is 6.61 Å². The molecule has 1 unspecified atom stereocenters. The smallest absolute Gasteiger partial charge is 0.479 e. The largest absolute Gasteiger partial charge is 0.511 e. The number of carboxylic acid groups (broad SMARTS) is 1. The van der Waals surface area contributed by atoms with E-state index in [1.54, 1.807) is 0 Å². The minimum absolute atomic E-state index is 0.0569. The van der Waals surface area contributed by atoms with Crippen molar-refractivity contribution in [2.24, 2.45) is 29.4 Å². The molecule has 0 amide bonds. The molecule has 0 aromatic rings. The van der Waals surface area contributed by atoms with Gasteiger partial charge in [-0.3, -0.25) is 0 Å². The fourth-order valence-electron chi connectivity index (χ4n) is 4.81. The predicted octanol–water partition coefficient (Wildman–Crippen LogP) is 4.21. The van der Waals surface area contributed by atoms with E-state index in [1.807, 2.05) is 6.92 Å². The molecule has 0 radical (unpaired) electrons. The van der Waals surface area contributed by atoms with Crippen LogP contribution in [0.3, 0.4) is 0 Å². The molecular weight excluding hydrogens is 461 g/mol. The number of alkyl halides is 1. The third-order valence-corrected chi connectivity index (χ3v) is 7.26. The number of esters is 1. The van der Waals surface area contributed by atoms with Gasteiger partial charge in [0.2, 0.25) is 12.0 Å². The maximum absolute atomic E-state index is 14.3. The molecule has 0 aromatic carbocycles. The van der Waals surface area contributed by atoms with Crippen LogP contribution in [0.4, 0.5) is 9.18 Å². The number of ether oxygens (including phenoxy) is 4. The van der Waals surface area contributed by atoms with E-state index in [-0.39, 0.29) is 31.5 Å². The molecule has 3 N–H and O–H groups in total. The van der Waals surface area contributed by atoms with Crippen molar-refractivity contribution in [3.63, 3.8) is 0 Å². The summed E-state index contributed by atoms with van der Waals surface area (Å²) >= 11 is 0. The number of carbonyl (C=O) groups excluding carboxylic acids is 2. The Labute approximate surface area is 207 Å². The Kier molecular flexibility index (Phi) is 9.93. The third kappa shape index (κ3) is 7.52. The SMILES string of the molecule is CCCO[C@H](C[C@@H]1C[C@@]1(F)C(=O)O)C(C)(N)C(=O)O[C@H](C)OC(=O)O[C@@H]1C[C@H](C)CC[C@H]1C(C)C. The second kappa shape index (κ2) is 11.9. The molecule has 0 heterocycles. The Balaban J connectivity index is 1.95. The lowest BCUT2D eigenvalue weighted by atomic mass is 9.75. The van der Waals surface area contributed by atoms with Gasteiger partial charge in [-0.2, -0.15) is 0 Å². The van der Waals surface area contributed by atoms with Crippen molar-refractivity contribution < 1.29 is 42.8 Å². The first-order valence-electron chi connectivity index (χ1n) is 12.6. The van der Waals surface area contributed by atoms with Crippen molar-refractivity contribution in [2.45, 2.75) is 110 Å². The first-order valence-corrected chi connectivity index (χ1v) is 12.6. The zero-order valence-corrected chi connectivity index (χ0v) is 21.8. The summed E-state index contributed by atoms with van der Waals surface area (Å²) in [5.74, 6) is -2.24. The standard InChI is InChI=1S/C25H42FNO8/c1-7-10-32-20(12-17-13-25(17,26)21(28)29)24(6,27)22(30)33-16(5)34-23(31)35-19-11-15(4)8-9-18(19)14(2)3/h14-20H,7-13,27H2,1-6H3,(H,28,29)/t15-,16+,17-,18+,19-,20-,24?,25+/m1/s1. The summed E-state index contributed by atoms with van der Waals surface area (Å²) in [6, 6.07) is 0. The van der Waals surface area contributed by atoms with Crippen molar-refractivity contribution >= 4 is 18.1 Å². The van der Waals surface area contributed by atoms with E-state index >= 15 is 0 Å². The average molecular weight is 504 g/mol. The molecule has 2 aliphatic rings. The van der Waals surface area contributed by atoms with E-state index in [0.717, 1.165) is 19.3 Å². The number of carboxylic acids is 1. The number of carbonyl (C=O) groups is 3. The summed E-state index contributed by atoms with van der Waals surface area (Å²) < 4.78 is 36.0. The highest BCUT2D eigenvalue weighted by Gasteiger charge is 2.63. The summed E-state index contributed by atoms with van der Waals surface area (Å²) in [6.07, 6.45) is -0.251. The molecule has 0 bridgehead atoms. The molecule has 2 fully saturated rings. The fraction of sp³-hybridized carbons (Fsp3) is 0.880. The number of halogens is 1. The number of hydrogen-bond acceptors (Lipinski definition) is 8. The van der Waals surface area contributed by atoms with Gasteiger partial charge in [-0.25, -0.2) is 18.8 Å². The third-order valence-electron chi connectivity index (χ3n) is 7.26. The van der Waals surface area contributed by atoms with Gasteiger partial charge in [-0.1, -0.05) is 34.1 Å². The van der Waals surface area contributed by atoms with Crippen LogP contribution < -0.4 is 5.73 Å². The summed E-state index contributed by atoms with van der Waals surface area (Å²) in [5.41, 5.74) is 2.18. The van der Waals surface area contributed by atoms with Crippen LogP contribution in [0.1, 0.15) is 80.1 Å². The Bertz CT molecular complexity index is 760. The van der Waals surface area contributed by atoms with E-state index in [0.29, 0.717) is 18.3 Å². The van der Waals surface area contributed by atoms with E-state index in [2.05, 4.69) is 20.8 Å². The fourth-order valence-corrected chi connectivity index (χ4v) is 4.81. The second-order valence-corrected chi connectivity index (χ2v) is 10.8. The van der Waals surface area contributed by atoms with Crippen molar-refractivity contribution in [3.8, 4) is 0 Å². The highest BCUT2D eigenvalue weighted by molar-refractivity contribution is 5.82. The molecule has 10 heteroatoms. The number of rotatable bonds is 12. The van der Waals surface area contributed by atoms with Gasteiger partial charge >= 0.3 is 18.1 Å². The van der Waals surface area contributed by atoms with Crippen molar-refractivity contribution in [1.29, 1.82) is 0 Å². The van der Waals surface area contributed by atoms with Gasteiger partial charge in [-0.05, 0) is 56.8 Å². The normalized spacial score (nSPS) is 31.7. The lowest BCUT2D eigenvalue weighted by Gasteiger charge is -2.36. The Hall–Kier alpha value is -1.94. The zero-order chi connectivity index (χ0) is 26.6. The molecule has 8 atom stereocenters. The number of hydrogen-bond donors (Lipinski definition) is 2. The summed E-state index contributed by atoms with van der Waals surface area (Å²) in [4.78, 5) is 36.4. The minimum atomic E-state index is -2.33. The van der Waals surface area contributed by atoms with E-state index in [9.17, 15) is 18.8 Å². The molecule has 2 rings (SSSR count). The maximum Gasteiger partial charge on any atom is 0.511 e. The molecule has 0 aliphatic heterocycles. The summed E-state index contributed by atoms with van der Waals surface area (Å²) in [6.45, 7) is 11.2. The molecule has 2 aliphatic carbocycles. The number of nitrogens with two attached hydrogens (primary N) is 1. The second-order valence-electron chi connectivity index (χ2n) is 10.8. The predicted molar refractivity (Wildman–Crippen MR) is 125 cm³/mol. The van der Waals surface area contributed by atoms with Gasteiger partial charge in [0, 0.05) is 19.4 Å². The maximum atomic E-state index is 14.3. The quantitative estimate of drug-likeness (QED) is 0.297. The Morgan fingerprint density at radius 2 is 1.86 bits per heavy atom. The van der Waals surface area contributed by atoms with Crippen LogP contribution >= 0.6 is 0 Å². The highest BCUT2D eigenvalue weighted by Crippen LogP contribution is 2.51. The van der Waals surface area contributed by atoms with Gasteiger partial charge in [0.1, 0.15) is 11.6 Å².